The van der Waals surface area contributed by atoms with Crippen LogP contribution in [0.1, 0.15) is 61.2 Å². The average Bonchev–Trinajstić information content (AvgIpc) is 2.34. The molecule has 0 amide bonds. The van der Waals surface area contributed by atoms with Crippen LogP contribution in [0.25, 0.3) is 0 Å². The van der Waals surface area contributed by atoms with Crippen LogP contribution in [0.2, 0.25) is 0 Å². The van der Waals surface area contributed by atoms with Gasteiger partial charge in [-0.3, -0.25) is 9.36 Å². The van der Waals surface area contributed by atoms with Crippen molar-refractivity contribution in [1.82, 2.24) is 0 Å². The van der Waals surface area contributed by atoms with E-state index in [4.69, 9.17) is 4.52 Å². The lowest BCUT2D eigenvalue weighted by Crippen LogP contribution is -2.18. The number of hydrogen-bond donors (Lipinski definition) is 0. The zero-order chi connectivity index (χ0) is 18.0. The van der Waals surface area contributed by atoms with E-state index in [-0.39, 0.29) is 16.9 Å². The summed E-state index contributed by atoms with van der Waals surface area (Å²) in [5.41, 5.74) is 3.20. The normalized spacial score (nSPS) is 16.0. The summed E-state index contributed by atoms with van der Waals surface area (Å²) in [5.74, 6) is 0.163. The highest BCUT2D eigenvalue weighted by Gasteiger charge is 2.36. The van der Waals surface area contributed by atoms with E-state index in [1.807, 2.05) is 39.8 Å². The van der Waals surface area contributed by atoms with Gasteiger partial charge >= 0.3 is 0 Å². The Morgan fingerprint density at radius 3 is 2.04 bits per heavy atom. The molecule has 2 unspecified atom stereocenters. The average molecular weight is 338 g/mol. The first-order valence-electron chi connectivity index (χ1n) is 8.17. The van der Waals surface area contributed by atoms with Gasteiger partial charge in [0.25, 0.3) is 7.37 Å². The first-order chi connectivity index (χ1) is 10.4. The smallest absolute Gasteiger partial charge is 0.271 e. The molecule has 1 aromatic carbocycles. The van der Waals surface area contributed by atoms with Crippen molar-refractivity contribution in [2.45, 2.75) is 54.9 Å². The van der Waals surface area contributed by atoms with Crippen molar-refractivity contribution in [3.63, 3.8) is 0 Å². The Bertz CT molecular complexity index is 603. The highest BCUT2D eigenvalue weighted by Crippen LogP contribution is 2.52. The fraction of sp³-hybridized carbons (Fsp3) is 0.632. The van der Waals surface area contributed by atoms with Gasteiger partial charge in [0, 0.05) is 18.8 Å². The van der Waals surface area contributed by atoms with Crippen LogP contribution in [-0.4, -0.2) is 18.8 Å². The van der Waals surface area contributed by atoms with Gasteiger partial charge in [0.15, 0.2) is 0 Å². The second-order valence-electron chi connectivity index (χ2n) is 7.99. The minimum atomic E-state index is -3.36. The summed E-state index contributed by atoms with van der Waals surface area (Å²) in [6.45, 7) is 14.3. The van der Waals surface area contributed by atoms with Crippen molar-refractivity contribution in [1.29, 1.82) is 0 Å². The molecule has 0 radical (unpaired) electrons. The van der Waals surface area contributed by atoms with E-state index >= 15 is 0 Å². The molecule has 1 rings (SSSR count). The van der Waals surface area contributed by atoms with Gasteiger partial charge in [0.1, 0.15) is 0 Å². The molecule has 0 saturated heterocycles. The second-order valence-corrected chi connectivity index (χ2v) is 10.5. The van der Waals surface area contributed by atoms with Crippen LogP contribution in [0.3, 0.4) is 0 Å². The maximum Gasteiger partial charge on any atom is 0.271 e. The standard InChI is InChI=1S/C19H31O3P/c1-13-9-15(3)17(16(4)10-13)18(20)23(21,22-8)12-14(2)11-19(5,6)7/h9-10,14H,11-12H2,1-8H3. The van der Waals surface area contributed by atoms with Crippen LogP contribution in [0.4, 0.5) is 0 Å². The molecular formula is C19H31O3P. The lowest BCUT2D eigenvalue weighted by molar-refractivity contribution is 0.105. The van der Waals surface area contributed by atoms with E-state index in [1.54, 1.807) is 0 Å². The predicted octanol–water partition coefficient (Wildman–Crippen LogP) is 5.75. The molecule has 0 aliphatic heterocycles. The number of carbonyl (C=O) groups excluding carboxylic acids is 1. The predicted molar refractivity (Wildman–Crippen MR) is 97.7 cm³/mol. The Balaban J connectivity index is 3.14. The van der Waals surface area contributed by atoms with Crippen molar-refractivity contribution in [2.75, 3.05) is 13.3 Å². The number of hydrogen-bond acceptors (Lipinski definition) is 3. The molecule has 130 valence electrons. The lowest BCUT2D eigenvalue weighted by atomic mass is 9.86. The van der Waals surface area contributed by atoms with E-state index in [1.165, 1.54) is 7.11 Å². The number of carbonyl (C=O) groups is 1. The first-order valence-corrected chi connectivity index (χ1v) is 9.98. The highest BCUT2D eigenvalue weighted by molar-refractivity contribution is 7.76. The number of rotatable bonds is 6. The molecule has 0 bridgehead atoms. The largest absolute Gasteiger partial charge is 0.326 e. The molecule has 4 heteroatoms. The molecule has 0 aromatic heterocycles. The second kappa shape index (κ2) is 7.32. The molecule has 0 fully saturated rings. The van der Waals surface area contributed by atoms with Crippen molar-refractivity contribution >= 4 is 12.9 Å². The quantitative estimate of drug-likeness (QED) is 0.620. The zero-order valence-electron chi connectivity index (χ0n) is 15.8. The van der Waals surface area contributed by atoms with Gasteiger partial charge in [0.05, 0.1) is 0 Å². The van der Waals surface area contributed by atoms with E-state index in [0.29, 0.717) is 11.7 Å². The first kappa shape index (κ1) is 20.1. The number of aryl methyl sites for hydroxylation is 3. The highest BCUT2D eigenvalue weighted by atomic mass is 31.2. The fourth-order valence-corrected chi connectivity index (χ4v) is 5.57. The van der Waals surface area contributed by atoms with Gasteiger partial charge in [0.2, 0.25) is 5.52 Å². The Morgan fingerprint density at radius 2 is 1.65 bits per heavy atom. The van der Waals surface area contributed by atoms with Crippen LogP contribution in [-0.2, 0) is 9.09 Å². The maximum absolute atomic E-state index is 13.2. The molecule has 1 aromatic rings. The Kier molecular flexibility index (Phi) is 6.40. The summed E-state index contributed by atoms with van der Waals surface area (Å²) in [5, 5.41) is 0. The summed E-state index contributed by atoms with van der Waals surface area (Å²) in [7, 11) is -1.97. The lowest BCUT2D eigenvalue weighted by Gasteiger charge is -2.26. The molecule has 23 heavy (non-hydrogen) atoms. The summed E-state index contributed by atoms with van der Waals surface area (Å²) in [6.07, 6.45) is 1.20. The molecular weight excluding hydrogens is 307 g/mol. The van der Waals surface area contributed by atoms with Crippen LogP contribution in [0.15, 0.2) is 12.1 Å². The van der Waals surface area contributed by atoms with Crippen LogP contribution < -0.4 is 0 Å². The molecule has 0 aliphatic carbocycles. The summed E-state index contributed by atoms with van der Waals surface area (Å²) >= 11 is 0. The fourth-order valence-electron chi connectivity index (χ4n) is 3.45. The van der Waals surface area contributed by atoms with Crippen LogP contribution >= 0.6 is 7.37 Å². The third kappa shape index (κ3) is 5.29. The third-order valence-electron chi connectivity index (χ3n) is 4.01. The van der Waals surface area contributed by atoms with Crippen molar-refractivity contribution in [3.05, 3.63) is 34.4 Å². The van der Waals surface area contributed by atoms with Crippen molar-refractivity contribution in [3.8, 4) is 0 Å². The van der Waals surface area contributed by atoms with Gasteiger partial charge < -0.3 is 4.52 Å². The zero-order valence-corrected chi connectivity index (χ0v) is 16.7. The van der Waals surface area contributed by atoms with Crippen LogP contribution in [0, 0.1) is 32.1 Å². The van der Waals surface area contributed by atoms with Gasteiger partial charge in [-0.05, 0) is 49.7 Å². The van der Waals surface area contributed by atoms with Crippen LogP contribution in [0.5, 0.6) is 0 Å². The molecule has 0 spiro atoms. The number of benzene rings is 1. The Morgan fingerprint density at radius 1 is 1.17 bits per heavy atom. The molecule has 0 aliphatic rings. The monoisotopic (exact) mass is 338 g/mol. The molecule has 0 N–H and O–H groups in total. The topological polar surface area (TPSA) is 43.4 Å². The summed E-state index contributed by atoms with van der Waals surface area (Å²) in [6, 6.07) is 3.91. The molecule has 0 saturated carbocycles. The van der Waals surface area contributed by atoms with Crippen molar-refractivity contribution < 1.29 is 13.9 Å². The molecule has 2 atom stereocenters. The van der Waals surface area contributed by atoms with Gasteiger partial charge in [-0.25, -0.2) is 0 Å². The third-order valence-corrected chi connectivity index (χ3v) is 6.54. The summed E-state index contributed by atoms with van der Waals surface area (Å²) < 4.78 is 18.5. The van der Waals surface area contributed by atoms with Gasteiger partial charge in [-0.1, -0.05) is 45.4 Å². The van der Waals surface area contributed by atoms with E-state index in [0.717, 1.165) is 23.1 Å². The van der Waals surface area contributed by atoms with E-state index < -0.39 is 7.37 Å². The van der Waals surface area contributed by atoms with Gasteiger partial charge in [-0.2, -0.15) is 0 Å². The Labute approximate surface area is 141 Å². The Hall–Kier alpha value is -0.920. The minimum absolute atomic E-state index is 0.136. The summed E-state index contributed by atoms with van der Waals surface area (Å²) in [4.78, 5) is 13.0. The maximum atomic E-state index is 13.2. The molecule has 0 heterocycles. The van der Waals surface area contributed by atoms with E-state index in [9.17, 15) is 9.36 Å². The minimum Gasteiger partial charge on any atom is -0.326 e. The molecule has 3 nitrogen and oxygen atoms in total. The van der Waals surface area contributed by atoms with Gasteiger partial charge in [-0.15, -0.1) is 0 Å². The SMILES string of the molecule is COP(=O)(CC(C)CC(C)(C)C)C(=O)c1c(C)cc(C)cc1C. The van der Waals surface area contributed by atoms with Crippen molar-refractivity contribution in [2.24, 2.45) is 11.3 Å². The van der Waals surface area contributed by atoms with E-state index in [2.05, 4.69) is 20.8 Å².